The molecule has 1 N–H and O–H groups in total. The van der Waals surface area contributed by atoms with Gasteiger partial charge in [0.05, 0.1) is 18.6 Å². The minimum Gasteiger partial charge on any atom is -0.494 e. The fourth-order valence-electron chi connectivity index (χ4n) is 2.11. The Hall–Kier alpha value is -1.69. The number of hydrogen-bond acceptors (Lipinski definition) is 4. The van der Waals surface area contributed by atoms with E-state index in [4.69, 9.17) is 27.9 Å². The van der Waals surface area contributed by atoms with E-state index in [1.807, 2.05) is 24.3 Å². The van der Waals surface area contributed by atoms with Crippen molar-refractivity contribution >= 4 is 47.1 Å². The molecule has 2 rings (SSSR count). The number of nitrogens with zero attached hydrogens (tertiary/aromatic N) is 1. The van der Waals surface area contributed by atoms with Crippen LogP contribution in [0.25, 0.3) is 0 Å². The van der Waals surface area contributed by atoms with Gasteiger partial charge in [-0.25, -0.2) is 5.43 Å². The van der Waals surface area contributed by atoms with Crippen LogP contribution < -0.4 is 10.2 Å². The normalized spacial score (nSPS) is 10.9. The van der Waals surface area contributed by atoms with Crippen molar-refractivity contribution in [3.8, 4) is 5.75 Å². The van der Waals surface area contributed by atoms with E-state index in [2.05, 4.69) is 17.5 Å². The molecule has 0 radical (unpaired) electrons. The maximum atomic E-state index is 11.9. The minimum atomic E-state index is -0.182. The summed E-state index contributed by atoms with van der Waals surface area (Å²) in [6, 6.07) is 12.9. The molecule has 0 fully saturated rings. The Bertz CT molecular complexity index is 747. The van der Waals surface area contributed by atoms with Gasteiger partial charge in [0, 0.05) is 15.8 Å². The summed E-state index contributed by atoms with van der Waals surface area (Å²) in [6.45, 7) is 2.85. The molecule has 27 heavy (non-hydrogen) atoms. The lowest BCUT2D eigenvalue weighted by atomic mass is 10.2. The minimum absolute atomic E-state index is 0.182. The number of nitrogens with one attached hydrogen (secondary N) is 1. The Labute approximate surface area is 174 Å². The molecular weight excluding hydrogens is 403 g/mol. The van der Waals surface area contributed by atoms with Crippen LogP contribution >= 0.6 is 35.0 Å². The van der Waals surface area contributed by atoms with Crippen LogP contribution in [0.2, 0.25) is 10.0 Å². The van der Waals surface area contributed by atoms with Crippen LogP contribution in [0.1, 0.15) is 30.9 Å². The summed E-state index contributed by atoms with van der Waals surface area (Å²) in [4.78, 5) is 11.9. The fourth-order valence-corrected chi connectivity index (χ4v) is 3.67. The second kappa shape index (κ2) is 11.9. The number of carbonyl (C=O) groups is 1. The first-order valence-corrected chi connectivity index (χ1v) is 10.6. The highest BCUT2D eigenvalue weighted by atomic mass is 35.5. The molecule has 0 aliphatic rings. The molecule has 0 bridgehead atoms. The van der Waals surface area contributed by atoms with Gasteiger partial charge in [0.25, 0.3) is 0 Å². The summed E-state index contributed by atoms with van der Waals surface area (Å²) in [5.41, 5.74) is 4.24. The number of rotatable bonds is 10. The molecule has 2 aromatic rings. The molecule has 0 heterocycles. The number of thioether (sulfide) groups is 1. The zero-order valence-electron chi connectivity index (χ0n) is 15.1. The van der Waals surface area contributed by atoms with Crippen LogP contribution in [0.5, 0.6) is 5.75 Å². The summed E-state index contributed by atoms with van der Waals surface area (Å²) < 4.78 is 5.61. The van der Waals surface area contributed by atoms with Crippen LogP contribution in [0.3, 0.4) is 0 Å². The average molecular weight is 425 g/mol. The summed E-state index contributed by atoms with van der Waals surface area (Å²) >= 11 is 13.7. The molecule has 0 unspecified atom stereocenters. The van der Waals surface area contributed by atoms with Crippen molar-refractivity contribution in [2.45, 2.75) is 25.5 Å². The van der Waals surface area contributed by atoms with Crippen LogP contribution in [0.15, 0.2) is 47.6 Å². The Morgan fingerprint density at radius 3 is 2.56 bits per heavy atom. The summed E-state index contributed by atoms with van der Waals surface area (Å²) in [5, 5.41) is 5.19. The monoisotopic (exact) mass is 424 g/mol. The van der Waals surface area contributed by atoms with Crippen LogP contribution in [0, 0.1) is 0 Å². The number of hydrogen-bond donors (Lipinski definition) is 1. The van der Waals surface area contributed by atoms with Crippen molar-refractivity contribution in [2.75, 3.05) is 12.4 Å². The lowest BCUT2D eigenvalue weighted by Gasteiger charge is -2.06. The molecule has 0 spiro atoms. The van der Waals surface area contributed by atoms with E-state index in [-0.39, 0.29) is 11.7 Å². The Morgan fingerprint density at radius 2 is 1.89 bits per heavy atom. The van der Waals surface area contributed by atoms with E-state index in [0.29, 0.717) is 15.8 Å². The number of amides is 1. The zero-order chi connectivity index (χ0) is 19.5. The average Bonchev–Trinajstić information content (AvgIpc) is 2.66. The molecule has 0 aromatic heterocycles. The molecule has 7 heteroatoms. The van der Waals surface area contributed by atoms with Gasteiger partial charge in [-0.05, 0) is 53.9 Å². The molecule has 0 aliphatic heterocycles. The molecule has 144 valence electrons. The van der Waals surface area contributed by atoms with Gasteiger partial charge in [-0.15, -0.1) is 11.8 Å². The number of carbonyl (C=O) groups excluding carboxylic acids is 1. The van der Waals surface area contributed by atoms with E-state index < -0.39 is 0 Å². The van der Waals surface area contributed by atoms with Crippen molar-refractivity contribution in [3.05, 3.63) is 63.6 Å². The standard InChI is InChI=1S/C20H22Cl2N2O2S/c1-2-3-11-26-16-9-7-15(8-10-16)12-23-24-20(25)14-27-13-17-18(21)5-4-6-19(17)22/h4-10,12H,2-3,11,13-14H2,1H3,(H,24,25)/b23-12-. The van der Waals surface area contributed by atoms with E-state index in [0.717, 1.165) is 36.3 Å². The second-order valence-electron chi connectivity index (χ2n) is 5.76. The third-order valence-corrected chi connectivity index (χ3v) is 5.26. The van der Waals surface area contributed by atoms with Gasteiger partial charge in [0.2, 0.25) is 5.91 Å². The predicted molar refractivity (Wildman–Crippen MR) is 115 cm³/mol. The topological polar surface area (TPSA) is 50.7 Å². The van der Waals surface area contributed by atoms with E-state index in [1.165, 1.54) is 11.8 Å². The van der Waals surface area contributed by atoms with Gasteiger partial charge >= 0.3 is 0 Å². The van der Waals surface area contributed by atoms with Gasteiger partial charge in [-0.1, -0.05) is 42.6 Å². The van der Waals surface area contributed by atoms with Crippen molar-refractivity contribution < 1.29 is 9.53 Å². The SMILES string of the molecule is CCCCOc1ccc(/C=N\NC(=O)CSCc2c(Cl)cccc2Cl)cc1. The summed E-state index contributed by atoms with van der Waals surface area (Å²) in [6.07, 6.45) is 3.74. The number of hydrazone groups is 1. The predicted octanol–water partition coefficient (Wildman–Crippen LogP) is 5.56. The van der Waals surface area contributed by atoms with Gasteiger partial charge in [0.15, 0.2) is 0 Å². The van der Waals surface area contributed by atoms with Gasteiger partial charge < -0.3 is 4.74 Å². The van der Waals surface area contributed by atoms with Crippen molar-refractivity contribution in [1.29, 1.82) is 0 Å². The first-order chi connectivity index (χ1) is 13.1. The van der Waals surface area contributed by atoms with E-state index in [1.54, 1.807) is 24.4 Å². The van der Waals surface area contributed by atoms with E-state index in [9.17, 15) is 4.79 Å². The third-order valence-electron chi connectivity index (χ3n) is 3.59. The number of benzene rings is 2. The highest BCUT2D eigenvalue weighted by Gasteiger charge is 2.07. The highest BCUT2D eigenvalue weighted by molar-refractivity contribution is 7.99. The summed E-state index contributed by atoms with van der Waals surface area (Å²) in [7, 11) is 0. The molecule has 0 saturated heterocycles. The van der Waals surface area contributed by atoms with Crippen molar-refractivity contribution in [2.24, 2.45) is 5.10 Å². The third kappa shape index (κ3) is 7.83. The Morgan fingerprint density at radius 1 is 1.19 bits per heavy atom. The van der Waals surface area contributed by atoms with Crippen molar-refractivity contribution in [1.82, 2.24) is 5.43 Å². The quantitative estimate of drug-likeness (QED) is 0.308. The fraction of sp³-hybridized carbons (Fsp3) is 0.300. The van der Waals surface area contributed by atoms with Gasteiger partial charge in [0.1, 0.15) is 5.75 Å². The Kier molecular flexibility index (Phi) is 9.53. The largest absolute Gasteiger partial charge is 0.494 e. The maximum Gasteiger partial charge on any atom is 0.250 e. The molecule has 0 atom stereocenters. The second-order valence-corrected chi connectivity index (χ2v) is 7.56. The van der Waals surface area contributed by atoms with Crippen LogP contribution in [0.4, 0.5) is 0 Å². The zero-order valence-corrected chi connectivity index (χ0v) is 17.4. The van der Waals surface area contributed by atoms with E-state index >= 15 is 0 Å². The van der Waals surface area contributed by atoms with Crippen LogP contribution in [-0.4, -0.2) is 24.5 Å². The number of ether oxygens (including phenoxy) is 1. The number of unbranched alkanes of at least 4 members (excludes halogenated alkanes) is 1. The number of halogens is 2. The lowest BCUT2D eigenvalue weighted by molar-refractivity contribution is -0.118. The molecule has 2 aromatic carbocycles. The van der Waals surface area contributed by atoms with Gasteiger partial charge in [-0.2, -0.15) is 5.10 Å². The first-order valence-electron chi connectivity index (χ1n) is 8.65. The first kappa shape index (κ1) is 21.6. The smallest absolute Gasteiger partial charge is 0.250 e. The molecular formula is C20H22Cl2N2O2S. The van der Waals surface area contributed by atoms with Gasteiger partial charge in [-0.3, -0.25) is 4.79 Å². The maximum absolute atomic E-state index is 11.9. The van der Waals surface area contributed by atoms with Crippen LogP contribution in [-0.2, 0) is 10.5 Å². The molecule has 0 saturated carbocycles. The Balaban J connectivity index is 1.71. The molecule has 0 aliphatic carbocycles. The van der Waals surface area contributed by atoms with Crippen molar-refractivity contribution in [3.63, 3.8) is 0 Å². The highest BCUT2D eigenvalue weighted by Crippen LogP contribution is 2.28. The molecule has 4 nitrogen and oxygen atoms in total. The summed E-state index contributed by atoms with van der Waals surface area (Å²) in [5.74, 6) is 1.48. The molecule has 1 amide bonds. The lowest BCUT2D eigenvalue weighted by Crippen LogP contribution is -2.19.